The van der Waals surface area contributed by atoms with E-state index in [0.29, 0.717) is 28.7 Å². The van der Waals surface area contributed by atoms with Gasteiger partial charge in [0.1, 0.15) is 0 Å². The van der Waals surface area contributed by atoms with Crippen molar-refractivity contribution in [1.29, 1.82) is 0 Å². The third-order valence-corrected chi connectivity index (χ3v) is 4.74. The molecule has 0 radical (unpaired) electrons. The summed E-state index contributed by atoms with van der Waals surface area (Å²) in [6.07, 6.45) is 3.60. The maximum absolute atomic E-state index is 13.0. The van der Waals surface area contributed by atoms with Gasteiger partial charge >= 0.3 is 0 Å². The molecule has 0 saturated carbocycles. The third kappa shape index (κ3) is 2.85. The molecule has 0 N–H and O–H groups in total. The first-order valence-corrected chi connectivity index (χ1v) is 8.54. The molecule has 2 aromatic heterocycles. The zero-order valence-electron chi connectivity index (χ0n) is 13.7. The topological polar surface area (TPSA) is 55.6 Å². The van der Waals surface area contributed by atoms with Gasteiger partial charge < -0.3 is 14.1 Å². The standard InChI is InChI=1S/C19H17ClN2O3/c1-24-16-11-13(20)9-12-10-17(25-18(12)16)19(23)22-8-4-6-15(22)14-5-2-3-7-21-14/h2-3,5,7,9-11,15H,4,6,8H2,1H3/t15-/m0/s1. The van der Waals surface area contributed by atoms with Gasteiger partial charge in [-0.15, -0.1) is 0 Å². The number of methoxy groups -OCH3 is 1. The molecule has 3 heterocycles. The Morgan fingerprint density at radius 3 is 3.00 bits per heavy atom. The molecular weight excluding hydrogens is 340 g/mol. The maximum Gasteiger partial charge on any atom is 0.290 e. The molecule has 1 aliphatic heterocycles. The summed E-state index contributed by atoms with van der Waals surface area (Å²) in [5.74, 6) is 0.671. The molecule has 6 heteroatoms. The molecule has 4 rings (SSSR count). The normalized spacial score (nSPS) is 17.2. The fraction of sp³-hybridized carbons (Fsp3) is 0.263. The number of rotatable bonds is 3. The lowest BCUT2D eigenvalue weighted by molar-refractivity contribution is 0.0703. The first-order chi connectivity index (χ1) is 12.2. The van der Waals surface area contributed by atoms with Crippen molar-refractivity contribution >= 4 is 28.5 Å². The van der Waals surface area contributed by atoms with E-state index in [0.717, 1.165) is 23.9 Å². The van der Waals surface area contributed by atoms with E-state index in [1.54, 1.807) is 31.5 Å². The predicted octanol–water partition coefficient (Wildman–Crippen LogP) is 4.47. The van der Waals surface area contributed by atoms with E-state index in [-0.39, 0.29) is 11.9 Å². The van der Waals surface area contributed by atoms with E-state index >= 15 is 0 Å². The van der Waals surface area contributed by atoms with E-state index in [1.165, 1.54) is 0 Å². The van der Waals surface area contributed by atoms with E-state index in [9.17, 15) is 4.79 Å². The highest BCUT2D eigenvalue weighted by atomic mass is 35.5. The highest BCUT2D eigenvalue weighted by Crippen LogP contribution is 2.35. The monoisotopic (exact) mass is 356 g/mol. The summed E-state index contributed by atoms with van der Waals surface area (Å²) in [4.78, 5) is 19.2. The number of nitrogens with zero attached hydrogens (tertiary/aromatic N) is 2. The van der Waals surface area contributed by atoms with Crippen LogP contribution in [0.4, 0.5) is 0 Å². The van der Waals surface area contributed by atoms with E-state index < -0.39 is 0 Å². The second kappa shape index (κ2) is 6.41. The predicted molar refractivity (Wildman–Crippen MR) is 95.0 cm³/mol. The van der Waals surface area contributed by atoms with Crippen LogP contribution in [0.5, 0.6) is 5.75 Å². The Morgan fingerprint density at radius 2 is 2.24 bits per heavy atom. The van der Waals surface area contributed by atoms with Crippen molar-refractivity contribution in [3.05, 3.63) is 59.1 Å². The average Bonchev–Trinajstić information content (AvgIpc) is 3.28. The summed E-state index contributed by atoms with van der Waals surface area (Å²) in [5, 5.41) is 1.29. The quantitative estimate of drug-likeness (QED) is 0.695. The Hall–Kier alpha value is -2.53. The van der Waals surface area contributed by atoms with Crippen molar-refractivity contribution in [2.24, 2.45) is 0 Å². The van der Waals surface area contributed by atoms with Gasteiger partial charge in [0.2, 0.25) is 0 Å². The summed E-state index contributed by atoms with van der Waals surface area (Å²) in [7, 11) is 1.55. The number of aromatic nitrogens is 1. The lowest BCUT2D eigenvalue weighted by Crippen LogP contribution is -2.30. The van der Waals surface area contributed by atoms with Crippen LogP contribution in [0.3, 0.4) is 0 Å². The smallest absolute Gasteiger partial charge is 0.290 e. The molecule has 3 aromatic rings. The number of ether oxygens (including phenoxy) is 1. The highest BCUT2D eigenvalue weighted by Gasteiger charge is 2.33. The molecular formula is C19H17ClN2O3. The van der Waals surface area contributed by atoms with Crippen LogP contribution in [-0.2, 0) is 0 Å². The number of hydrogen-bond acceptors (Lipinski definition) is 4. The largest absolute Gasteiger partial charge is 0.493 e. The zero-order chi connectivity index (χ0) is 17.4. The van der Waals surface area contributed by atoms with Crippen LogP contribution in [-0.4, -0.2) is 29.4 Å². The number of furan rings is 1. The van der Waals surface area contributed by atoms with Crippen molar-refractivity contribution in [2.45, 2.75) is 18.9 Å². The van der Waals surface area contributed by atoms with Gasteiger partial charge in [0.05, 0.1) is 18.8 Å². The molecule has 1 aliphatic rings. The number of pyridine rings is 1. The zero-order valence-corrected chi connectivity index (χ0v) is 14.5. The second-order valence-electron chi connectivity index (χ2n) is 6.05. The SMILES string of the molecule is COc1cc(Cl)cc2cc(C(=O)N3CCC[C@H]3c3ccccn3)oc12. The Balaban J connectivity index is 1.70. The number of fused-ring (bicyclic) bond motifs is 1. The summed E-state index contributed by atoms with van der Waals surface area (Å²) in [6, 6.07) is 10.9. The summed E-state index contributed by atoms with van der Waals surface area (Å²) >= 11 is 6.10. The van der Waals surface area contributed by atoms with Gasteiger partial charge in [0.25, 0.3) is 5.91 Å². The van der Waals surface area contributed by atoms with Crippen molar-refractivity contribution in [2.75, 3.05) is 13.7 Å². The first kappa shape index (κ1) is 16.0. The molecule has 25 heavy (non-hydrogen) atoms. The van der Waals surface area contributed by atoms with Crippen LogP contribution in [0.2, 0.25) is 5.02 Å². The van der Waals surface area contributed by atoms with Crippen LogP contribution in [0, 0.1) is 0 Å². The summed E-state index contributed by atoms with van der Waals surface area (Å²) in [6.45, 7) is 0.689. The van der Waals surface area contributed by atoms with Gasteiger partial charge in [-0.25, -0.2) is 0 Å². The molecule has 5 nitrogen and oxygen atoms in total. The molecule has 0 unspecified atom stereocenters. The molecule has 128 valence electrons. The van der Waals surface area contributed by atoms with E-state index in [1.807, 2.05) is 23.1 Å². The van der Waals surface area contributed by atoms with Crippen LogP contribution in [0.1, 0.15) is 35.1 Å². The molecule has 1 aromatic carbocycles. The number of halogens is 1. The van der Waals surface area contributed by atoms with E-state index in [2.05, 4.69) is 4.98 Å². The number of carbonyl (C=O) groups excluding carboxylic acids is 1. The number of benzene rings is 1. The maximum atomic E-state index is 13.0. The number of carbonyl (C=O) groups is 1. The number of likely N-dealkylation sites (tertiary alicyclic amines) is 1. The third-order valence-electron chi connectivity index (χ3n) is 4.52. The van der Waals surface area contributed by atoms with Gasteiger partial charge in [-0.3, -0.25) is 9.78 Å². The average molecular weight is 357 g/mol. The summed E-state index contributed by atoms with van der Waals surface area (Å²) < 4.78 is 11.1. The van der Waals surface area contributed by atoms with Crippen molar-refractivity contribution in [3.8, 4) is 5.75 Å². The fourth-order valence-electron chi connectivity index (χ4n) is 3.37. The minimum atomic E-state index is -0.137. The van der Waals surface area contributed by atoms with Crippen molar-refractivity contribution < 1.29 is 13.9 Å². The Labute approximate surface area is 150 Å². The van der Waals surface area contributed by atoms with Crippen LogP contribution >= 0.6 is 11.6 Å². The molecule has 1 atom stereocenters. The minimum absolute atomic E-state index is 0.0209. The van der Waals surface area contributed by atoms with Crippen LogP contribution in [0.15, 0.2) is 47.0 Å². The molecule has 0 bridgehead atoms. The summed E-state index contributed by atoms with van der Waals surface area (Å²) in [5.41, 5.74) is 1.44. The van der Waals surface area contributed by atoms with Crippen molar-refractivity contribution in [3.63, 3.8) is 0 Å². The Morgan fingerprint density at radius 1 is 1.36 bits per heavy atom. The Bertz CT molecular complexity index is 923. The molecule has 1 amide bonds. The highest BCUT2D eigenvalue weighted by molar-refractivity contribution is 6.31. The second-order valence-corrected chi connectivity index (χ2v) is 6.48. The lowest BCUT2D eigenvalue weighted by atomic mass is 10.1. The first-order valence-electron chi connectivity index (χ1n) is 8.16. The molecule has 1 saturated heterocycles. The van der Waals surface area contributed by atoms with Gasteiger partial charge in [-0.05, 0) is 37.1 Å². The van der Waals surface area contributed by atoms with Gasteiger partial charge in [0.15, 0.2) is 17.1 Å². The molecule has 0 spiro atoms. The van der Waals surface area contributed by atoms with Gasteiger partial charge in [-0.1, -0.05) is 17.7 Å². The Kier molecular flexibility index (Phi) is 4.09. The number of amides is 1. The van der Waals surface area contributed by atoms with Crippen LogP contribution in [0.25, 0.3) is 11.0 Å². The minimum Gasteiger partial charge on any atom is -0.493 e. The molecule has 0 aliphatic carbocycles. The van der Waals surface area contributed by atoms with Gasteiger partial charge in [0, 0.05) is 29.2 Å². The van der Waals surface area contributed by atoms with Crippen LogP contribution < -0.4 is 4.74 Å². The van der Waals surface area contributed by atoms with E-state index in [4.69, 9.17) is 20.8 Å². The lowest BCUT2D eigenvalue weighted by Gasteiger charge is -2.23. The van der Waals surface area contributed by atoms with Gasteiger partial charge in [-0.2, -0.15) is 0 Å². The van der Waals surface area contributed by atoms with Crippen molar-refractivity contribution in [1.82, 2.24) is 9.88 Å². The number of hydrogen-bond donors (Lipinski definition) is 0. The fourth-order valence-corrected chi connectivity index (χ4v) is 3.59. The molecule has 1 fully saturated rings.